The Morgan fingerprint density at radius 2 is 1.46 bits per heavy atom. The number of hydrogen-bond donors (Lipinski definition) is 0. The Kier molecular flexibility index (Phi) is 3.91. The Labute approximate surface area is 154 Å². The highest BCUT2D eigenvalue weighted by Gasteiger charge is 2.38. The number of carbonyl (C=O) groups is 1. The maximum atomic E-state index is 12.8. The molecule has 3 aromatic carbocycles. The average molecular weight is 342 g/mol. The number of para-hydroxylation sites is 1. The van der Waals surface area contributed by atoms with E-state index in [1.165, 1.54) is 5.56 Å². The minimum Gasteiger partial charge on any atom is -0.425 e. The maximum absolute atomic E-state index is 12.8. The van der Waals surface area contributed by atoms with Gasteiger partial charge in [0, 0.05) is 11.0 Å². The normalized spacial score (nSPS) is 16.3. The molecule has 1 heterocycles. The maximum Gasteiger partial charge on any atom is 0.323 e. The third-order valence-electron chi connectivity index (χ3n) is 5.43. The van der Waals surface area contributed by atoms with Gasteiger partial charge in [0.25, 0.3) is 0 Å². The molecule has 4 rings (SSSR count). The summed E-state index contributed by atoms with van der Waals surface area (Å²) in [6.07, 6.45) is 0. The first kappa shape index (κ1) is 16.6. The fourth-order valence-corrected chi connectivity index (χ4v) is 3.95. The average Bonchev–Trinajstić information content (AvgIpc) is 3.00. The molecule has 0 N–H and O–H groups in total. The van der Waals surface area contributed by atoms with Gasteiger partial charge < -0.3 is 4.74 Å². The third kappa shape index (κ3) is 2.53. The SMILES string of the molecule is Cc1cccc2c1OC(=O)C2c1ccccc1C(C)(C)c1ccccc1. The van der Waals surface area contributed by atoms with Gasteiger partial charge >= 0.3 is 5.97 Å². The number of fused-ring (bicyclic) bond motifs is 1. The summed E-state index contributed by atoms with van der Waals surface area (Å²) in [6, 6.07) is 24.6. The van der Waals surface area contributed by atoms with Crippen LogP contribution < -0.4 is 4.74 Å². The Morgan fingerprint density at radius 3 is 2.23 bits per heavy atom. The molecule has 130 valence electrons. The molecule has 1 aliphatic rings. The summed E-state index contributed by atoms with van der Waals surface area (Å²) >= 11 is 0. The molecule has 1 unspecified atom stereocenters. The van der Waals surface area contributed by atoms with E-state index in [4.69, 9.17) is 4.74 Å². The molecular weight excluding hydrogens is 320 g/mol. The Bertz CT molecular complexity index is 971. The van der Waals surface area contributed by atoms with Crippen molar-refractivity contribution >= 4 is 5.97 Å². The third-order valence-corrected chi connectivity index (χ3v) is 5.43. The summed E-state index contributed by atoms with van der Waals surface area (Å²) in [5.41, 5.74) is 5.15. The zero-order valence-electron chi connectivity index (χ0n) is 15.3. The van der Waals surface area contributed by atoms with Gasteiger partial charge in [-0.05, 0) is 29.2 Å². The number of benzene rings is 3. The number of ether oxygens (including phenoxy) is 1. The van der Waals surface area contributed by atoms with Crippen LogP contribution in [0.3, 0.4) is 0 Å². The molecule has 0 bridgehead atoms. The lowest BCUT2D eigenvalue weighted by Gasteiger charge is -2.29. The molecule has 0 saturated carbocycles. The van der Waals surface area contributed by atoms with Crippen molar-refractivity contribution in [3.63, 3.8) is 0 Å². The second-order valence-corrected chi connectivity index (χ2v) is 7.43. The largest absolute Gasteiger partial charge is 0.425 e. The number of rotatable bonds is 3. The van der Waals surface area contributed by atoms with Gasteiger partial charge in [-0.25, -0.2) is 0 Å². The van der Waals surface area contributed by atoms with Gasteiger partial charge in [0.05, 0.1) is 0 Å². The molecule has 0 saturated heterocycles. The monoisotopic (exact) mass is 342 g/mol. The molecule has 1 aliphatic heterocycles. The molecule has 0 fully saturated rings. The Balaban J connectivity index is 1.89. The Morgan fingerprint density at radius 1 is 0.808 bits per heavy atom. The lowest BCUT2D eigenvalue weighted by molar-refractivity contribution is -0.133. The van der Waals surface area contributed by atoms with Crippen LogP contribution in [0.2, 0.25) is 0 Å². The van der Waals surface area contributed by atoms with Crippen molar-refractivity contribution in [1.29, 1.82) is 0 Å². The number of carbonyl (C=O) groups excluding carboxylic acids is 1. The fraction of sp³-hybridized carbons (Fsp3) is 0.208. The van der Waals surface area contributed by atoms with Crippen molar-refractivity contribution in [2.45, 2.75) is 32.1 Å². The van der Waals surface area contributed by atoms with E-state index >= 15 is 0 Å². The second kappa shape index (κ2) is 6.14. The van der Waals surface area contributed by atoms with E-state index in [1.807, 2.05) is 43.3 Å². The molecule has 0 spiro atoms. The van der Waals surface area contributed by atoms with Crippen LogP contribution in [0.1, 0.15) is 47.6 Å². The molecule has 2 nitrogen and oxygen atoms in total. The summed E-state index contributed by atoms with van der Waals surface area (Å²) < 4.78 is 5.64. The van der Waals surface area contributed by atoms with Crippen molar-refractivity contribution in [2.75, 3.05) is 0 Å². The van der Waals surface area contributed by atoms with Crippen molar-refractivity contribution in [3.05, 3.63) is 101 Å². The predicted octanol–water partition coefficient (Wildman–Crippen LogP) is 5.37. The van der Waals surface area contributed by atoms with Gasteiger partial charge in [-0.1, -0.05) is 86.6 Å². The highest BCUT2D eigenvalue weighted by Crippen LogP contribution is 2.45. The fourth-order valence-electron chi connectivity index (χ4n) is 3.95. The topological polar surface area (TPSA) is 26.3 Å². The van der Waals surface area contributed by atoms with Crippen molar-refractivity contribution in [3.8, 4) is 5.75 Å². The highest BCUT2D eigenvalue weighted by molar-refractivity contribution is 5.90. The first-order chi connectivity index (χ1) is 12.5. The number of aryl methyl sites for hydroxylation is 1. The van der Waals surface area contributed by atoms with E-state index in [2.05, 4.69) is 50.2 Å². The highest BCUT2D eigenvalue weighted by atomic mass is 16.5. The van der Waals surface area contributed by atoms with Crippen LogP contribution in [0.5, 0.6) is 5.75 Å². The molecule has 0 amide bonds. The summed E-state index contributed by atoms with van der Waals surface area (Å²) in [5, 5.41) is 0. The molecular formula is C24H22O2. The first-order valence-corrected chi connectivity index (χ1v) is 8.96. The van der Waals surface area contributed by atoms with E-state index in [-0.39, 0.29) is 17.3 Å². The molecule has 1 atom stereocenters. The van der Waals surface area contributed by atoms with E-state index < -0.39 is 0 Å². The minimum atomic E-state index is -0.371. The van der Waals surface area contributed by atoms with Crippen molar-refractivity contribution in [1.82, 2.24) is 0 Å². The van der Waals surface area contributed by atoms with Crippen LogP contribution in [-0.4, -0.2) is 5.97 Å². The van der Waals surface area contributed by atoms with Gasteiger partial charge in [0.15, 0.2) is 0 Å². The van der Waals surface area contributed by atoms with E-state index in [0.29, 0.717) is 0 Å². The second-order valence-electron chi connectivity index (χ2n) is 7.43. The van der Waals surface area contributed by atoms with Gasteiger partial charge in [-0.2, -0.15) is 0 Å². The standard InChI is InChI=1S/C24H22O2/c1-16-10-9-14-19-21(23(25)26-22(16)19)18-13-7-8-15-20(18)24(2,3)17-11-5-4-6-12-17/h4-15,21H,1-3H3. The lowest BCUT2D eigenvalue weighted by Crippen LogP contribution is -2.23. The molecule has 0 aromatic heterocycles. The molecule has 26 heavy (non-hydrogen) atoms. The van der Waals surface area contributed by atoms with E-state index in [0.717, 1.165) is 28.0 Å². The smallest absolute Gasteiger partial charge is 0.323 e. The predicted molar refractivity (Wildman–Crippen MR) is 104 cm³/mol. The van der Waals surface area contributed by atoms with Crippen LogP contribution in [-0.2, 0) is 10.2 Å². The van der Waals surface area contributed by atoms with Gasteiger partial charge in [-0.15, -0.1) is 0 Å². The summed E-state index contributed by atoms with van der Waals surface area (Å²) in [4.78, 5) is 12.8. The molecule has 0 radical (unpaired) electrons. The van der Waals surface area contributed by atoms with Crippen LogP contribution in [0, 0.1) is 6.92 Å². The van der Waals surface area contributed by atoms with Crippen LogP contribution in [0.25, 0.3) is 0 Å². The van der Waals surface area contributed by atoms with Crippen molar-refractivity contribution < 1.29 is 9.53 Å². The van der Waals surface area contributed by atoms with Crippen LogP contribution in [0.15, 0.2) is 72.8 Å². The summed E-state index contributed by atoms with van der Waals surface area (Å²) in [5.74, 6) is 0.157. The zero-order chi connectivity index (χ0) is 18.3. The van der Waals surface area contributed by atoms with Gasteiger partial charge in [0.2, 0.25) is 0 Å². The van der Waals surface area contributed by atoms with E-state index in [1.54, 1.807) is 0 Å². The summed E-state index contributed by atoms with van der Waals surface area (Å²) in [7, 11) is 0. The number of hydrogen-bond acceptors (Lipinski definition) is 2. The molecule has 0 aliphatic carbocycles. The van der Waals surface area contributed by atoms with Gasteiger partial charge in [-0.3, -0.25) is 4.79 Å². The van der Waals surface area contributed by atoms with Crippen molar-refractivity contribution in [2.24, 2.45) is 0 Å². The first-order valence-electron chi connectivity index (χ1n) is 8.96. The van der Waals surface area contributed by atoms with E-state index in [9.17, 15) is 4.79 Å². The lowest BCUT2D eigenvalue weighted by atomic mass is 9.73. The number of esters is 1. The zero-order valence-corrected chi connectivity index (χ0v) is 15.3. The van der Waals surface area contributed by atoms with Gasteiger partial charge in [0.1, 0.15) is 11.7 Å². The van der Waals surface area contributed by atoms with Crippen LogP contribution >= 0.6 is 0 Å². The summed E-state index contributed by atoms with van der Waals surface area (Å²) in [6.45, 7) is 6.39. The minimum absolute atomic E-state index is 0.189. The molecule has 3 aromatic rings. The molecule has 2 heteroatoms. The Hall–Kier alpha value is -2.87. The van der Waals surface area contributed by atoms with Crippen LogP contribution in [0.4, 0.5) is 0 Å². The quantitative estimate of drug-likeness (QED) is 0.472.